The average Bonchev–Trinajstić information content (AvgIpc) is 2.86. The van der Waals surface area contributed by atoms with Crippen molar-refractivity contribution in [2.24, 2.45) is 5.92 Å². The summed E-state index contributed by atoms with van der Waals surface area (Å²) in [4.78, 5) is 14.9. The molecule has 2 aliphatic rings. The van der Waals surface area contributed by atoms with Gasteiger partial charge in [0.15, 0.2) is 0 Å². The Morgan fingerprint density at radius 3 is 2.29 bits per heavy atom. The Bertz CT molecular complexity index is 1070. The van der Waals surface area contributed by atoms with Crippen molar-refractivity contribution in [3.05, 3.63) is 78.4 Å². The summed E-state index contributed by atoms with van der Waals surface area (Å²) in [5.41, 5.74) is 1.33. The van der Waals surface area contributed by atoms with Gasteiger partial charge in [-0.2, -0.15) is 0 Å². The third-order valence-corrected chi connectivity index (χ3v) is 7.99. The summed E-state index contributed by atoms with van der Waals surface area (Å²) in [6.07, 6.45) is 5.29. The average molecular weight is 485 g/mol. The SMILES string of the molecule is O=C(C[C@@H]1C=C[C@H](NS(=O)(=O)c2ccccc2)[C@H](CO)O1)N1CCC(Cc2ccccc2)CC1. The first-order valence-corrected chi connectivity index (χ1v) is 13.3. The number of sulfonamides is 1. The van der Waals surface area contributed by atoms with E-state index in [9.17, 15) is 18.3 Å². The number of rotatable bonds is 8. The third kappa shape index (κ3) is 6.33. The van der Waals surface area contributed by atoms with Crippen LogP contribution in [0.5, 0.6) is 0 Å². The number of hydrogen-bond acceptors (Lipinski definition) is 5. The van der Waals surface area contributed by atoms with E-state index in [4.69, 9.17) is 4.74 Å². The van der Waals surface area contributed by atoms with Gasteiger partial charge in [0.05, 0.1) is 30.1 Å². The molecule has 2 aromatic rings. The lowest BCUT2D eigenvalue weighted by Crippen LogP contribution is -2.49. The van der Waals surface area contributed by atoms with E-state index in [1.165, 1.54) is 17.7 Å². The molecule has 0 aromatic heterocycles. The molecule has 8 heteroatoms. The Morgan fingerprint density at radius 1 is 1.00 bits per heavy atom. The first-order valence-electron chi connectivity index (χ1n) is 11.8. The van der Waals surface area contributed by atoms with Crippen LogP contribution < -0.4 is 4.72 Å². The van der Waals surface area contributed by atoms with E-state index in [-0.39, 0.29) is 23.8 Å². The van der Waals surface area contributed by atoms with Gasteiger partial charge in [-0.05, 0) is 42.9 Å². The molecule has 1 amide bonds. The lowest BCUT2D eigenvalue weighted by molar-refractivity contribution is -0.136. The lowest BCUT2D eigenvalue weighted by atomic mass is 9.90. The highest BCUT2D eigenvalue weighted by Crippen LogP contribution is 2.24. The summed E-state index contributed by atoms with van der Waals surface area (Å²) in [5.74, 6) is 0.599. The Balaban J connectivity index is 1.29. The van der Waals surface area contributed by atoms with Crippen LogP contribution in [0.25, 0.3) is 0 Å². The molecule has 34 heavy (non-hydrogen) atoms. The number of benzene rings is 2. The minimum atomic E-state index is -3.76. The molecule has 0 aliphatic carbocycles. The molecule has 0 radical (unpaired) electrons. The molecule has 3 atom stereocenters. The van der Waals surface area contributed by atoms with Gasteiger partial charge >= 0.3 is 0 Å². The van der Waals surface area contributed by atoms with Crippen LogP contribution in [0.3, 0.4) is 0 Å². The summed E-state index contributed by atoms with van der Waals surface area (Å²) >= 11 is 0. The summed E-state index contributed by atoms with van der Waals surface area (Å²) in [6.45, 7) is 1.10. The van der Waals surface area contributed by atoms with E-state index in [1.807, 2.05) is 11.0 Å². The van der Waals surface area contributed by atoms with Crippen molar-refractivity contribution in [3.63, 3.8) is 0 Å². The predicted octanol–water partition coefficient (Wildman–Crippen LogP) is 2.52. The van der Waals surface area contributed by atoms with E-state index < -0.39 is 28.3 Å². The maximum atomic E-state index is 12.9. The molecule has 0 saturated carbocycles. The van der Waals surface area contributed by atoms with Crippen LogP contribution in [0.15, 0.2) is 77.7 Å². The fourth-order valence-electron chi connectivity index (χ4n) is 4.59. The topological polar surface area (TPSA) is 95.9 Å². The second kappa shape index (κ2) is 11.3. The van der Waals surface area contributed by atoms with Gasteiger partial charge in [0.1, 0.15) is 6.10 Å². The van der Waals surface area contributed by atoms with Gasteiger partial charge in [-0.25, -0.2) is 13.1 Å². The number of nitrogens with one attached hydrogen (secondary N) is 1. The zero-order valence-corrected chi connectivity index (χ0v) is 19.9. The van der Waals surface area contributed by atoms with E-state index in [2.05, 4.69) is 29.0 Å². The van der Waals surface area contributed by atoms with Gasteiger partial charge in [0, 0.05) is 13.1 Å². The Morgan fingerprint density at radius 2 is 1.65 bits per heavy atom. The van der Waals surface area contributed by atoms with Gasteiger partial charge in [-0.1, -0.05) is 60.7 Å². The summed E-state index contributed by atoms with van der Waals surface area (Å²) < 4.78 is 33.7. The lowest BCUT2D eigenvalue weighted by Gasteiger charge is -2.35. The standard InChI is InChI=1S/C26H32N2O5S/c29-19-25-24(27-34(31,32)23-9-5-2-6-10-23)12-11-22(33-25)18-26(30)28-15-13-21(14-16-28)17-20-7-3-1-4-8-20/h1-12,21-22,24-25,27,29H,13-19H2/t22-,24-,25-/m0/s1. The van der Waals surface area contributed by atoms with Crippen LogP contribution in [0.4, 0.5) is 0 Å². The molecule has 4 rings (SSSR count). The van der Waals surface area contributed by atoms with E-state index in [1.54, 1.807) is 30.4 Å². The fourth-order valence-corrected chi connectivity index (χ4v) is 5.83. The summed E-state index contributed by atoms with van der Waals surface area (Å²) in [5, 5.41) is 9.79. The number of amides is 1. The molecule has 182 valence electrons. The highest BCUT2D eigenvalue weighted by Gasteiger charge is 2.32. The van der Waals surface area contributed by atoms with Crippen LogP contribution in [0.1, 0.15) is 24.8 Å². The third-order valence-electron chi connectivity index (χ3n) is 6.52. The number of likely N-dealkylation sites (tertiary alicyclic amines) is 1. The molecule has 1 fully saturated rings. The van der Waals surface area contributed by atoms with Gasteiger partial charge in [0.25, 0.3) is 0 Å². The number of carbonyl (C=O) groups excluding carboxylic acids is 1. The highest BCUT2D eigenvalue weighted by atomic mass is 32.2. The van der Waals surface area contributed by atoms with Crippen LogP contribution in [-0.2, 0) is 26.0 Å². The van der Waals surface area contributed by atoms with Crippen molar-refractivity contribution in [1.29, 1.82) is 0 Å². The largest absolute Gasteiger partial charge is 0.394 e. The molecule has 1 saturated heterocycles. The minimum Gasteiger partial charge on any atom is -0.394 e. The van der Waals surface area contributed by atoms with Gasteiger partial charge < -0.3 is 14.7 Å². The number of carbonyl (C=O) groups is 1. The maximum Gasteiger partial charge on any atom is 0.241 e. The van der Waals surface area contributed by atoms with Crippen molar-refractivity contribution in [2.45, 2.75) is 48.8 Å². The second-order valence-electron chi connectivity index (χ2n) is 8.96. The predicted molar refractivity (Wildman–Crippen MR) is 130 cm³/mol. The molecular weight excluding hydrogens is 452 g/mol. The number of aliphatic hydroxyl groups excluding tert-OH is 1. The fraction of sp³-hybridized carbons (Fsp3) is 0.423. The zero-order chi connectivity index (χ0) is 24.0. The van der Waals surface area contributed by atoms with Crippen molar-refractivity contribution < 1.29 is 23.1 Å². The van der Waals surface area contributed by atoms with E-state index in [0.29, 0.717) is 5.92 Å². The molecular formula is C26H32N2O5S. The van der Waals surface area contributed by atoms with E-state index >= 15 is 0 Å². The molecule has 0 bridgehead atoms. The summed E-state index contributed by atoms with van der Waals surface area (Å²) in [6, 6.07) is 17.8. The number of ether oxygens (including phenoxy) is 1. The van der Waals surface area contributed by atoms with Crippen molar-refractivity contribution in [1.82, 2.24) is 9.62 Å². The van der Waals surface area contributed by atoms with Gasteiger partial charge in [0.2, 0.25) is 15.9 Å². The maximum absolute atomic E-state index is 12.9. The van der Waals surface area contributed by atoms with Crippen molar-refractivity contribution in [2.75, 3.05) is 19.7 Å². The molecule has 2 aromatic carbocycles. The van der Waals surface area contributed by atoms with Crippen molar-refractivity contribution >= 4 is 15.9 Å². The van der Waals surface area contributed by atoms with Crippen LogP contribution in [0.2, 0.25) is 0 Å². The van der Waals surface area contributed by atoms with Crippen molar-refractivity contribution in [3.8, 4) is 0 Å². The number of piperidine rings is 1. The molecule has 2 heterocycles. The van der Waals surface area contributed by atoms with Crippen LogP contribution >= 0.6 is 0 Å². The summed E-state index contributed by atoms with van der Waals surface area (Å²) in [7, 11) is -3.76. The number of aliphatic hydroxyl groups is 1. The first-order chi connectivity index (χ1) is 16.4. The van der Waals surface area contributed by atoms with Gasteiger partial charge in [-0.3, -0.25) is 4.79 Å². The Hall–Kier alpha value is -2.52. The first kappa shape index (κ1) is 24.6. The zero-order valence-electron chi connectivity index (χ0n) is 19.1. The molecule has 7 nitrogen and oxygen atoms in total. The second-order valence-corrected chi connectivity index (χ2v) is 10.7. The van der Waals surface area contributed by atoms with Crippen LogP contribution in [0, 0.1) is 5.92 Å². The highest BCUT2D eigenvalue weighted by molar-refractivity contribution is 7.89. The van der Waals surface area contributed by atoms with Gasteiger partial charge in [-0.15, -0.1) is 0 Å². The molecule has 0 unspecified atom stereocenters. The minimum absolute atomic E-state index is 0.0211. The Labute approximate surface area is 201 Å². The monoisotopic (exact) mass is 484 g/mol. The quantitative estimate of drug-likeness (QED) is 0.562. The Kier molecular flexibility index (Phi) is 8.15. The molecule has 2 N–H and O–H groups in total. The normalized spacial score (nSPS) is 23.7. The molecule has 2 aliphatic heterocycles. The van der Waals surface area contributed by atoms with Crippen LogP contribution in [-0.4, -0.2) is 62.3 Å². The number of nitrogens with zero attached hydrogens (tertiary/aromatic N) is 1. The smallest absolute Gasteiger partial charge is 0.241 e. The molecule has 0 spiro atoms. The van der Waals surface area contributed by atoms with E-state index in [0.717, 1.165) is 32.4 Å². The number of hydrogen-bond donors (Lipinski definition) is 2.